The lowest BCUT2D eigenvalue weighted by Gasteiger charge is -2.10. The highest BCUT2D eigenvalue weighted by Gasteiger charge is 2.32. The first-order chi connectivity index (χ1) is 14.3. The number of alkyl halides is 3. The van der Waals surface area contributed by atoms with Gasteiger partial charge in [0.2, 0.25) is 0 Å². The van der Waals surface area contributed by atoms with E-state index in [-0.39, 0.29) is 39.0 Å². The minimum Gasteiger partial charge on any atom is -0.310 e. The van der Waals surface area contributed by atoms with E-state index in [0.717, 1.165) is 6.07 Å². The van der Waals surface area contributed by atoms with Gasteiger partial charge in [-0.3, -0.25) is 0 Å². The van der Waals surface area contributed by atoms with Gasteiger partial charge in [-0.25, -0.2) is 32.3 Å². The molecule has 0 aliphatic rings. The van der Waals surface area contributed by atoms with E-state index in [0.29, 0.717) is 6.20 Å². The van der Waals surface area contributed by atoms with Crippen molar-refractivity contribution < 1.29 is 25.8 Å². The van der Waals surface area contributed by atoms with E-state index in [4.69, 9.17) is 0 Å². The number of halogens is 3. The number of aryl methyl sites for hydroxylation is 1. The van der Waals surface area contributed by atoms with Crippen LogP contribution in [0.2, 0.25) is 0 Å². The monoisotopic (exact) mass is 476 g/mol. The Kier molecular flexibility index (Phi) is 5.84. The van der Waals surface area contributed by atoms with Crippen LogP contribution in [-0.2, 0) is 33.0 Å². The number of nitrogens with one attached hydrogen (secondary N) is 1. The third-order valence-corrected chi connectivity index (χ3v) is 7.52. The van der Waals surface area contributed by atoms with E-state index in [1.807, 2.05) is 0 Å². The SMILES string of the molecule is CCS(=O)(=O)c1cc(N=S(C)(=O)NC)cnc1-c1nc2cc(C(F)(F)F)cnc2n1C. The summed E-state index contributed by atoms with van der Waals surface area (Å²) in [5, 5.41) is 0. The average molecular weight is 477 g/mol. The van der Waals surface area contributed by atoms with Crippen molar-refractivity contribution in [3.8, 4) is 11.5 Å². The van der Waals surface area contributed by atoms with Crippen molar-refractivity contribution in [3.63, 3.8) is 0 Å². The van der Waals surface area contributed by atoms with Crippen LogP contribution in [0, 0.1) is 0 Å². The average Bonchev–Trinajstić information content (AvgIpc) is 3.03. The second-order valence-electron chi connectivity index (χ2n) is 6.60. The molecule has 0 aliphatic carbocycles. The summed E-state index contributed by atoms with van der Waals surface area (Å²) in [4.78, 5) is 11.9. The smallest absolute Gasteiger partial charge is 0.310 e. The fraction of sp³-hybridized carbons (Fsp3) is 0.353. The Morgan fingerprint density at radius 1 is 1.16 bits per heavy atom. The zero-order chi connectivity index (χ0) is 23.2. The van der Waals surface area contributed by atoms with Crippen LogP contribution in [0.15, 0.2) is 33.8 Å². The summed E-state index contributed by atoms with van der Waals surface area (Å²) >= 11 is 0. The molecule has 168 valence electrons. The Labute approximate surface area is 177 Å². The molecule has 1 atom stereocenters. The van der Waals surface area contributed by atoms with Crippen LogP contribution in [0.4, 0.5) is 18.9 Å². The lowest BCUT2D eigenvalue weighted by atomic mass is 10.2. The molecule has 9 nitrogen and oxygen atoms in total. The number of hydrogen-bond acceptors (Lipinski definition) is 7. The van der Waals surface area contributed by atoms with Gasteiger partial charge < -0.3 is 4.57 Å². The van der Waals surface area contributed by atoms with E-state index in [1.54, 1.807) is 0 Å². The summed E-state index contributed by atoms with van der Waals surface area (Å²) in [7, 11) is -3.71. The van der Waals surface area contributed by atoms with Gasteiger partial charge in [0.15, 0.2) is 21.3 Å². The number of nitrogens with zero attached hydrogens (tertiary/aromatic N) is 5. The van der Waals surface area contributed by atoms with Crippen molar-refractivity contribution in [1.82, 2.24) is 24.2 Å². The van der Waals surface area contributed by atoms with Gasteiger partial charge in [-0.15, -0.1) is 0 Å². The second-order valence-corrected chi connectivity index (χ2v) is 11.0. The largest absolute Gasteiger partial charge is 0.417 e. The van der Waals surface area contributed by atoms with Crippen LogP contribution in [0.5, 0.6) is 0 Å². The summed E-state index contributed by atoms with van der Waals surface area (Å²) in [5.74, 6) is -0.245. The first-order valence-corrected chi connectivity index (χ1v) is 12.4. The lowest BCUT2D eigenvalue weighted by molar-refractivity contribution is -0.137. The fourth-order valence-corrected chi connectivity index (χ4v) is 4.38. The molecular weight excluding hydrogens is 457 g/mol. The van der Waals surface area contributed by atoms with E-state index in [2.05, 4.69) is 24.0 Å². The highest BCUT2D eigenvalue weighted by Crippen LogP contribution is 2.33. The van der Waals surface area contributed by atoms with Gasteiger partial charge in [0, 0.05) is 19.5 Å². The predicted molar refractivity (Wildman–Crippen MR) is 110 cm³/mol. The first-order valence-electron chi connectivity index (χ1n) is 8.82. The maximum absolute atomic E-state index is 13.0. The van der Waals surface area contributed by atoms with Crippen molar-refractivity contribution in [3.05, 3.63) is 30.1 Å². The van der Waals surface area contributed by atoms with Gasteiger partial charge in [-0.2, -0.15) is 17.5 Å². The van der Waals surface area contributed by atoms with E-state index in [9.17, 15) is 25.8 Å². The highest BCUT2D eigenvalue weighted by molar-refractivity contribution is 7.91. The molecule has 0 aliphatic heterocycles. The van der Waals surface area contributed by atoms with Gasteiger partial charge in [0.25, 0.3) is 0 Å². The summed E-state index contributed by atoms with van der Waals surface area (Å²) in [5.41, 5.74) is -0.909. The molecule has 0 spiro atoms. The minimum atomic E-state index is -4.60. The van der Waals surface area contributed by atoms with Crippen molar-refractivity contribution in [2.75, 3.05) is 19.1 Å². The summed E-state index contributed by atoms with van der Waals surface area (Å²) in [6.45, 7) is 1.44. The van der Waals surface area contributed by atoms with Crippen molar-refractivity contribution >= 4 is 36.6 Å². The van der Waals surface area contributed by atoms with Gasteiger partial charge in [-0.05, 0) is 19.2 Å². The molecule has 3 heterocycles. The Morgan fingerprint density at radius 2 is 1.84 bits per heavy atom. The molecule has 0 radical (unpaired) electrons. The fourth-order valence-electron chi connectivity index (χ4n) is 2.73. The molecule has 1 unspecified atom stereocenters. The van der Waals surface area contributed by atoms with Gasteiger partial charge in [0.05, 0.1) is 28.1 Å². The van der Waals surface area contributed by atoms with E-state index >= 15 is 0 Å². The maximum Gasteiger partial charge on any atom is 0.417 e. The normalized spacial score (nSPS) is 14.5. The molecule has 0 fully saturated rings. The molecule has 0 aromatic carbocycles. The third-order valence-electron chi connectivity index (χ3n) is 4.46. The Bertz CT molecular complexity index is 1390. The highest BCUT2D eigenvalue weighted by atomic mass is 32.2. The molecule has 14 heteroatoms. The summed E-state index contributed by atoms with van der Waals surface area (Å²) in [6.07, 6.45) is -1.36. The summed E-state index contributed by atoms with van der Waals surface area (Å²) < 4.78 is 84.6. The van der Waals surface area contributed by atoms with Crippen LogP contribution in [0.25, 0.3) is 22.7 Å². The molecule has 3 rings (SSSR count). The first kappa shape index (κ1) is 23.1. The summed E-state index contributed by atoms with van der Waals surface area (Å²) in [6, 6.07) is 2.05. The van der Waals surface area contributed by atoms with Gasteiger partial charge in [-0.1, -0.05) is 6.92 Å². The number of imidazole rings is 1. The second kappa shape index (κ2) is 7.84. The molecule has 1 N–H and O–H groups in total. The van der Waals surface area contributed by atoms with E-state index < -0.39 is 31.5 Å². The van der Waals surface area contributed by atoms with Crippen LogP contribution in [0.3, 0.4) is 0 Å². The molecule has 0 amide bonds. The van der Waals surface area contributed by atoms with Crippen LogP contribution in [0.1, 0.15) is 12.5 Å². The third kappa shape index (κ3) is 4.55. The van der Waals surface area contributed by atoms with Crippen molar-refractivity contribution in [2.45, 2.75) is 18.0 Å². The number of hydrogen-bond donors (Lipinski definition) is 1. The van der Waals surface area contributed by atoms with Crippen molar-refractivity contribution in [1.29, 1.82) is 0 Å². The molecule has 0 saturated heterocycles. The zero-order valence-corrected chi connectivity index (χ0v) is 18.6. The number of fused-ring (bicyclic) bond motifs is 1. The predicted octanol–water partition coefficient (Wildman–Crippen LogP) is 2.71. The number of aromatic nitrogens is 4. The molecule has 3 aromatic rings. The Hall–Kier alpha value is -2.58. The molecule has 3 aromatic heterocycles. The molecule has 0 bridgehead atoms. The number of pyridine rings is 2. The molecule has 31 heavy (non-hydrogen) atoms. The Morgan fingerprint density at radius 3 is 2.42 bits per heavy atom. The quantitative estimate of drug-likeness (QED) is 0.605. The maximum atomic E-state index is 13.0. The Balaban J connectivity index is 2.29. The number of sulfone groups is 1. The van der Waals surface area contributed by atoms with Gasteiger partial charge >= 0.3 is 6.18 Å². The zero-order valence-electron chi connectivity index (χ0n) is 16.9. The number of rotatable bonds is 5. The van der Waals surface area contributed by atoms with E-state index in [1.165, 1.54) is 44.1 Å². The van der Waals surface area contributed by atoms with Crippen LogP contribution in [-0.4, -0.2) is 51.2 Å². The van der Waals surface area contributed by atoms with Crippen molar-refractivity contribution in [2.24, 2.45) is 11.4 Å². The van der Waals surface area contributed by atoms with Crippen LogP contribution < -0.4 is 4.72 Å². The lowest BCUT2D eigenvalue weighted by Crippen LogP contribution is -2.15. The topological polar surface area (TPSA) is 119 Å². The standard InChI is InChI=1S/C17H19F3N6O3S2/c1-5-31(28,29)13-7-11(25-30(4,27)21-2)9-22-14(13)16-24-12-6-10(17(18,19)20)8-23-15(12)26(16)3/h6-9H,5H2,1-4H3,(H,21,25,27). The van der Waals surface area contributed by atoms with Gasteiger partial charge in [0.1, 0.15) is 21.1 Å². The van der Waals surface area contributed by atoms with Crippen LogP contribution >= 0.6 is 0 Å². The molecular formula is C17H19F3N6O3S2. The minimum absolute atomic E-state index is 0.0197. The molecule has 0 saturated carbocycles.